The van der Waals surface area contributed by atoms with Crippen LogP contribution in [0.15, 0.2) is 18.2 Å². The number of nitrogen functional groups attached to an aromatic ring is 1. The fraction of sp³-hybridized carbons (Fsp3) is 0.308. The van der Waals surface area contributed by atoms with Gasteiger partial charge in [0.2, 0.25) is 5.91 Å². The molecule has 19 heavy (non-hydrogen) atoms. The molecule has 0 saturated heterocycles. The Morgan fingerprint density at radius 2 is 1.89 bits per heavy atom. The molecule has 0 unspecified atom stereocenters. The smallest absolute Gasteiger partial charge is 0.270 e. The summed E-state index contributed by atoms with van der Waals surface area (Å²) in [5, 5.41) is 0. The number of rotatable bonds is 2. The maximum absolute atomic E-state index is 12.1. The Morgan fingerprint density at radius 1 is 1.26 bits per heavy atom. The summed E-state index contributed by atoms with van der Waals surface area (Å²) in [6.45, 7) is 3.30. The van der Waals surface area contributed by atoms with Crippen molar-refractivity contribution in [1.82, 2.24) is 4.90 Å². The predicted octanol–water partition coefficient (Wildman–Crippen LogP) is 0.519. The van der Waals surface area contributed by atoms with E-state index in [-0.39, 0.29) is 23.2 Å². The summed E-state index contributed by atoms with van der Waals surface area (Å²) in [7, 11) is 0. The monoisotopic (exact) mass is 261 g/mol. The predicted molar refractivity (Wildman–Crippen MR) is 69.2 cm³/mol. The maximum Gasteiger partial charge on any atom is 0.270 e. The van der Waals surface area contributed by atoms with Gasteiger partial charge in [0.1, 0.15) is 0 Å². The average Bonchev–Trinajstić information content (AvgIpc) is 2.50. The van der Waals surface area contributed by atoms with E-state index in [1.807, 2.05) is 0 Å². The van der Waals surface area contributed by atoms with Crippen LogP contribution < -0.4 is 11.5 Å². The molecule has 100 valence electrons. The van der Waals surface area contributed by atoms with Gasteiger partial charge < -0.3 is 11.5 Å². The number of imide groups is 3. The lowest BCUT2D eigenvalue weighted by molar-refractivity contribution is -0.127. The number of nitrogens with zero attached hydrogens (tertiary/aromatic N) is 1. The number of fused-ring (bicyclic) bond motifs is 1. The summed E-state index contributed by atoms with van der Waals surface area (Å²) in [6.07, 6.45) is -0.0988. The van der Waals surface area contributed by atoms with Crippen LogP contribution in [0.2, 0.25) is 0 Å². The van der Waals surface area contributed by atoms with E-state index in [0.29, 0.717) is 4.90 Å². The summed E-state index contributed by atoms with van der Waals surface area (Å²) in [5.41, 5.74) is 11.1. The van der Waals surface area contributed by atoms with Crippen LogP contribution >= 0.6 is 0 Å². The van der Waals surface area contributed by atoms with Crippen molar-refractivity contribution in [2.24, 2.45) is 5.73 Å². The molecule has 0 saturated carbocycles. The molecule has 6 heteroatoms. The van der Waals surface area contributed by atoms with Crippen molar-refractivity contribution < 1.29 is 14.4 Å². The number of benzene rings is 1. The first kappa shape index (κ1) is 13.2. The second-order valence-electron chi connectivity index (χ2n) is 5.27. The molecule has 2 rings (SSSR count). The van der Waals surface area contributed by atoms with Gasteiger partial charge in [-0.3, -0.25) is 14.4 Å². The SMILES string of the molecule is CC(C)(N)CC(=O)N1C(=O)c2cccc(N)c2C1=O. The lowest BCUT2D eigenvalue weighted by Gasteiger charge is -2.20. The molecule has 1 aromatic carbocycles. The highest BCUT2D eigenvalue weighted by Gasteiger charge is 2.41. The summed E-state index contributed by atoms with van der Waals surface area (Å²) >= 11 is 0. The van der Waals surface area contributed by atoms with Gasteiger partial charge in [-0.1, -0.05) is 6.07 Å². The molecule has 1 aliphatic heterocycles. The minimum absolute atomic E-state index is 0.0932. The van der Waals surface area contributed by atoms with E-state index in [1.165, 1.54) is 12.1 Å². The van der Waals surface area contributed by atoms with Gasteiger partial charge in [-0.25, -0.2) is 4.90 Å². The number of carbonyl (C=O) groups excluding carboxylic acids is 3. The number of anilines is 1. The van der Waals surface area contributed by atoms with E-state index in [0.717, 1.165) is 0 Å². The summed E-state index contributed by atoms with van der Waals surface area (Å²) in [6, 6.07) is 4.57. The fourth-order valence-corrected chi connectivity index (χ4v) is 2.01. The summed E-state index contributed by atoms with van der Waals surface area (Å²) < 4.78 is 0. The highest BCUT2D eigenvalue weighted by Crippen LogP contribution is 2.28. The van der Waals surface area contributed by atoms with Crippen molar-refractivity contribution in [3.05, 3.63) is 29.3 Å². The first-order valence-corrected chi connectivity index (χ1v) is 5.81. The van der Waals surface area contributed by atoms with Gasteiger partial charge in [-0.15, -0.1) is 0 Å². The quantitative estimate of drug-likeness (QED) is 0.596. The zero-order valence-electron chi connectivity index (χ0n) is 10.8. The molecular weight excluding hydrogens is 246 g/mol. The van der Waals surface area contributed by atoms with E-state index < -0.39 is 23.3 Å². The number of amides is 3. The molecule has 3 amide bonds. The lowest BCUT2D eigenvalue weighted by atomic mass is 10.0. The van der Waals surface area contributed by atoms with Crippen LogP contribution in [0.3, 0.4) is 0 Å². The molecule has 0 spiro atoms. The Morgan fingerprint density at radius 3 is 2.42 bits per heavy atom. The van der Waals surface area contributed by atoms with E-state index in [2.05, 4.69) is 0 Å². The normalized spacial score (nSPS) is 14.8. The Bertz CT molecular complexity index is 587. The second-order valence-corrected chi connectivity index (χ2v) is 5.27. The highest BCUT2D eigenvalue weighted by molar-refractivity contribution is 6.30. The van der Waals surface area contributed by atoms with Gasteiger partial charge in [0.05, 0.1) is 11.1 Å². The molecule has 0 bridgehead atoms. The molecule has 0 radical (unpaired) electrons. The average molecular weight is 261 g/mol. The minimum Gasteiger partial charge on any atom is -0.398 e. The van der Waals surface area contributed by atoms with Gasteiger partial charge in [-0.2, -0.15) is 0 Å². The zero-order chi connectivity index (χ0) is 14.4. The van der Waals surface area contributed by atoms with E-state index in [1.54, 1.807) is 19.9 Å². The topological polar surface area (TPSA) is 106 Å². The number of nitrogens with two attached hydrogens (primary N) is 2. The largest absolute Gasteiger partial charge is 0.398 e. The number of hydrogen-bond acceptors (Lipinski definition) is 5. The van der Waals surface area contributed by atoms with Crippen molar-refractivity contribution in [2.75, 3.05) is 5.73 Å². The van der Waals surface area contributed by atoms with E-state index in [4.69, 9.17) is 11.5 Å². The van der Waals surface area contributed by atoms with Crippen LogP contribution in [-0.4, -0.2) is 28.2 Å². The van der Waals surface area contributed by atoms with Crippen molar-refractivity contribution in [2.45, 2.75) is 25.8 Å². The number of carbonyl (C=O) groups is 3. The van der Waals surface area contributed by atoms with Crippen molar-refractivity contribution in [3.8, 4) is 0 Å². The van der Waals surface area contributed by atoms with Gasteiger partial charge in [0.25, 0.3) is 11.8 Å². The maximum atomic E-state index is 12.1. The Hall–Kier alpha value is -2.21. The van der Waals surface area contributed by atoms with Crippen molar-refractivity contribution in [1.29, 1.82) is 0 Å². The first-order valence-electron chi connectivity index (χ1n) is 5.81. The molecule has 0 atom stereocenters. The van der Waals surface area contributed by atoms with Crippen LogP contribution in [0, 0.1) is 0 Å². The Labute approximate surface area is 110 Å². The zero-order valence-corrected chi connectivity index (χ0v) is 10.8. The Balaban J connectivity index is 2.38. The third kappa shape index (κ3) is 2.22. The number of hydrogen-bond donors (Lipinski definition) is 2. The molecule has 0 aromatic heterocycles. The Kier molecular flexibility index (Phi) is 2.90. The minimum atomic E-state index is -0.794. The third-order valence-corrected chi connectivity index (χ3v) is 2.80. The van der Waals surface area contributed by atoms with Gasteiger partial charge in [0, 0.05) is 17.6 Å². The molecular formula is C13H15N3O3. The van der Waals surface area contributed by atoms with Gasteiger partial charge >= 0.3 is 0 Å². The fourth-order valence-electron chi connectivity index (χ4n) is 2.01. The molecule has 0 aliphatic carbocycles. The molecule has 0 fully saturated rings. The first-order chi connectivity index (χ1) is 8.72. The van der Waals surface area contributed by atoms with Gasteiger partial charge in [-0.05, 0) is 26.0 Å². The van der Waals surface area contributed by atoms with E-state index >= 15 is 0 Å². The van der Waals surface area contributed by atoms with Crippen molar-refractivity contribution >= 4 is 23.4 Å². The van der Waals surface area contributed by atoms with E-state index in [9.17, 15) is 14.4 Å². The molecule has 1 heterocycles. The third-order valence-electron chi connectivity index (χ3n) is 2.80. The van der Waals surface area contributed by atoms with Crippen LogP contribution in [-0.2, 0) is 4.79 Å². The van der Waals surface area contributed by atoms with Crippen LogP contribution in [0.4, 0.5) is 5.69 Å². The molecule has 1 aliphatic rings. The second kappa shape index (κ2) is 4.17. The molecule has 4 N–H and O–H groups in total. The summed E-state index contributed by atoms with van der Waals surface area (Å²) in [4.78, 5) is 36.8. The van der Waals surface area contributed by atoms with Crippen LogP contribution in [0.5, 0.6) is 0 Å². The van der Waals surface area contributed by atoms with Crippen LogP contribution in [0.25, 0.3) is 0 Å². The molecule has 6 nitrogen and oxygen atoms in total. The summed E-state index contributed by atoms with van der Waals surface area (Å²) in [5.74, 6) is -1.92. The van der Waals surface area contributed by atoms with Gasteiger partial charge in [0.15, 0.2) is 0 Å². The highest BCUT2D eigenvalue weighted by atomic mass is 16.2. The lowest BCUT2D eigenvalue weighted by Crippen LogP contribution is -2.43. The van der Waals surface area contributed by atoms with Crippen LogP contribution in [0.1, 0.15) is 41.0 Å². The standard InChI is InChI=1S/C13H15N3O3/c1-13(2,15)6-9(17)16-11(18)7-4-3-5-8(14)10(7)12(16)19/h3-5H,6,14-15H2,1-2H3. The molecule has 1 aromatic rings. The van der Waals surface area contributed by atoms with Crippen molar-refractivity contribution in [3.63, 3.8) is 0 Å².